The Morgan fingerprint density at radius 3 is 2.38 bits per heavy atom. The minimum atomic E-state index is -3.51. The molecule has 7 nitrogen and oxygen atoms in total. The molecule has 0 aliphatic heterocycles. The van der Waals surface area contributed by atoms with Gasteiger partial charge in [-0.15, -0.1) is 0 Å². The first-order valence-corrected chi connectivity index (χ1v) is 15.6. The Morgan fingerprint density at radius 1 is 1.08 bits per heavy atom. The van der Waals surface area contributed by atoms with Crippen molar-refractivity contribution in [2.75, 3.05) is 17.1 Å². The molecule has 2 aromatic rings. The van der Waals surface area contributed by atoms with Crippen LogP contribution in [0.1, 0.15) is 63.0 Å². The summed E-state index contributed by atoms with van der Waals surface area (Å²) in [4.78, 5) is 28.2. The Hall–Kier alpha value is -2.39. The van der Waals surface area contributed by atoms with Gasteiger partial charge in [-0.1, -0.05) is 65.0 Å². The van der Waals surface area contributed by atoms with Crippen molar-refractivity contribution >= 4 is 43.5 Å². The van der Waals surface area contributed by atoms with E-state index in [1.807, 2.05) is 43.3 Å². The predicted octanol–water partition coefficient (Wildman–Crippen LogP) is 5.17. The fourth-order valence-electron chi connectivity index (χ4n) is 4.70. The van der Waals surface area contributed by atoms with E-state index in [4.69, 9.17) is 0 Å². The molecule has 2 amide bonds. The third-order valence-corrected chi connectivity index (χ3v) is 8.52. The highest BCUT2D eigenvalue weighted by atomic mass is 79.9. The second-order valence-corrected chi connectivity index (χ2v) is 12.8. The number of benzene rings is 2. The zero-order valence-corrected chi connectivity index (χ0v) is 24.4. The van der Waals surface area contributed by atoms with Gasteiger partial charge in [0.25, 0.3) is 0 Å². The van der Waals surface area contributed by atoms with E-state index >= 15 is 0 Å². The maximum Gasteiger partial charge on any atom is 0.242 e. The van der Waals surface area contributed by atoms with Gasteiger partial charge in [0.2, 0.25) is 21.8 Å². The fraction of sp³-hybridized carbons (Fsp3) is 0.500. The molecular formula is C28H38BrN3O4S. The van der Waals surface area contributed by atoms with Crippen LogP contribution in [0.5, 0.6) is 0 Å². The number of aryl methyl sites for hydroxylation is 1. The van der Waals surface area contributed by atoms with E-state index in [-0.39, 0.29) is 30.8 Å². The lowest BCUT2D eigenvalue weighted by atomic mass is 9.95. The van der Waals surface area contributed by atoms with Crippen molar-refractivity contribution in [1.82, 2.24) is 10.2 Å². The van der Waals surface area contributed by atoms with Crippen molar-refractivity contribution in [2.24, 2.45) is 0 Å². The minimum absolute atomic E-state index is 0.132. The first-order chi connectivity index (χ1) is 17.5. The number of nitrogens with zero attached hydrogens (tertiary/aromatic N) is 2. The van der Waals surface area contributed by atoms with Crippen LogP contribution in [-0.4, -0.2) is 50.0 Å². The normalized spacial score (nSPS) is 15.1. The third-order valence-electron chi connectivity index (χ3n) is 6.83. The molecule has 37 heavy (non-hydrogen) atoms. The summed E-state index contributed by atoms with van der Waals surface area (Å²) in [6.45, 7) is 4.19. The summed E-state index contributed by atoms with van der Waals surface area (Å²) in [7, 11) is -3.51. The van der Waals surface area contributed by atoms with E-state index in [1.54, 1.807) is 24.0 Å². The molecule has 202 valence electrons. The molecule has 1 unspecified atom stereocenters. The second kappa shape index (κ2) is 13.4. The predicted molar refractivity (Wildman–Crippen MR) is 152 cm³/mol. The first kappa shape index (κ1) is 29.2. The molecule has 1 saturated carbocycles. The lowest BCUT2D eigenvalue weighted by Gasteiger charge is -2.31. The Labute approximate surface area is 229 Å². The van der Waals surface area contributed by atoms with Gasteiger partial charge in [-0.05, 0) is 62.9 Å². The van der Waals surface area contributed by atoms with Crippen molar-refractivity contribution in [3.05, 3.63) is 64.1 Å². The lowest BCUT2D eigenvalue weighted by Crippen LogP contribution is -2.50. The number of amides is 2. The van der Waals surface area contributed by atoms with Gasteiger partial charge in [0.15, 0.2) is 0 Å². The van der Waals surface area contributed by atoms with Gasteiger partial charge in [-0.2, -0.15) is 0 Å². The van der Waals surface area contributed by atoms with Crippen molar-refractivity contribution in [2.45, 2.75) is 77.4 Å². The molecule has 0 heterocycles. The first-order valence-electron chi connectivity index (χ1n) is 12.9. The maximum absolute atomic E-state index is 13.4. The highest BCUT2D eigenvalue weighted by Crippen LogP contribution is 2.21. The standard InChI is InChI=1S/C28H38BrN3O4S/c1-21-14-16-26(17-15-21)32(37(3,35)36)18-8-13-27(33)31(20-23-9-7-10-24(29)19-23)22(2)28(34)30-25-11-5-4-6-12-25/h7,9-10,14-17,19,22,25H,4-6,8,11-13,18,20H2,1-3H3,(H,30,34). The van der Waals surface area contributed by atoms with Gasteiger partial charge >= 0.3 is 0 Å². The number of sulfonamides is 1. The fourth-order valence-corrected chi connectivity index (χ4v) is 6.11. The van der Waals surface area contributed by atoms with Crippen LogP contribution >= 0.6 is 15.9 Å². The molecule has 9 heteroatoms. The van der Waals surface area contributed by atoms with Crippen LogP contribution in [0.2, 0.25) is 0 Å². The lowest BCUT2D eigenvalue weighted by molar-refractivity contribution is -0.141. The summed E-state index contributed by atoms with van der Waals surface area (Å²) < 4.78 is 27.2. The SMILES string of the molecule is Cc1ccc(N(CCCC(=O)N(Cc2cccc(Br)c2)C(C)C(=O)NC2CCCCC2)S(C)(=O)=O)cc1. The smallest absolute Gasteiger partial charge is 0.242 e. The zero-order chi connectivity index (χ0) is 27.0. The topological polar surface area (TPSA) is 86.8 Å². The number of hydrogen-bond acceptors (Lipinski definition) is 4. The van der Waals surface area contributed by atoms with Gasteiger partial charge in [0, 0.05) is 30.0 Å². The molecule has 3 rings (SSSR count). The van der Waals surface area contributed by atoms with Crippen molar-refractivity contribution in [3.63, 3.8) is 0 Å². The second-order valence-electron chi connectivity index (χ2n) is 9.95. The molecule has 0 saturated heterocycles. The summed E-state index contributed by atoms with van der Waals surface area (Å²) in [5.41, 5.74) is 2.53. The van der Waals surface area contributed by atoms with Crippen molar-refractivity contribution < 1.29 is 18.0 Å². The molecule has 0 bridgehead atoms. The van der Waals surface area contributed by atoms with Gasteiger partial charge in [0.1, 0.15) is 6.04 Å². The number of nitrogens with one attached hydrogen (secondary N) is 1. The highest BCUT2D eigenvalue weighted by molar-refractivity contribution is 9.10. The van der Waals surface area contributed by atoms with Crippen LogP contribution in [0.25, 0.3) is 0 Å². The summed E-state index contributed by atoms with van der Waals surface area (Å²) in [6, 6.07) is 14.5. The summed E-state index contributed by atoms with van der Waals surface area (Å²) >= 11 is 3.48. The summed E-state index contributed by atoms with van der Waals surface area (Å²) in [5.74, 6) is -0.323. The Morgan fingerprint density at radius 2 is 1.76 bits per heavy atom. The minimum Gasteiger partial charge on any atom is -0.352 e. The molecule has 0 aromatic heterocycles. The van der Waals surface area contributed by atoms with Crippen LogP contribution in [0.3, 0.4) is 0 Å². The zero-order valence-electron chi connectivity index (χ0n) is 22.0. The number of hydrogen-bond donors (Lipinski definition) is 1. The average molecular weight is 593 g/mol. The molecule has 1 atom stereocenters. The number of carbonyl (C=O) groups is 2. The molecular weight excluding hydrogens is 554 g/mol. The maximum atomic E-state index is 13.4. The quantitative estimate of drug-likeness (QED) is 0.390. The monoisotopic (exact) mass is 591 g/mol. The molecule has 0 radical (unpaired) electrons. The molecule has 1 fully saturated rings. The van der Waals surface area contributed by atoms with E-state index in [0.717, 1.165) is 41.3 Å². The van der Waals surface area contributed by atoms with E-state index in [0.29, 0.717) is 18.7 Å². The van der Waals surface area contributed by atoms with Crippen LogP contribution in [0, 0.1) is 6.92 Å². The molecule has 0 spiro atoms. The van der Waals surface area contributed by atoms with Gasteiger partial charge in [-0.25, -0.2) is 8.42 Å². The number of anilines is 1. The van der Waals surface area contributed by atoms with Gasteiger partial charge in [0.05, 0.1) is 11.9 Å². The molecule has 1 aliphatic carbocycles. The molecule has 2 aromatic carbocycles. The Kier molecular flexibility index (Phi) is 10.6. The van der Waals surface area contributed by atoms with E-state index < -0.39 is 16.1 Å². The van der Waals surface area contributed by atoms with Crippen molar-refractivity contribution in [3.8, 4) is 0 Å². The third kappa shape index (κ3) is 8.85. The Bertz CT molecular complexity index is 1160. The van der Waals surface area contributed by atoms with E-state index in [2.05, 4.69) is 21.2 Å². The van der Waals surface area contributed by atoms with Crippen LogP contribution in [0.4, 0.5) is 5.69 Å². The number of halogens is 1. The van der Waals surface area contributed by atoms with Crippen LogP contribution in [0.15, 0.2) is 53.0 Å². The Balaban J connectivity index is 1.71. The summed E-state index contributed by atoms with van der Waals surface area (Å²) in [6.07, 6.45) is 7.00. The largest absolute Gasteiger partial charge is 0.352 e. The van der Waals surface area contributed by atoms with E-state index in [1.165, 1.54) is 17.0 Å². The summed E-state index contributed by atoms with van der Waals surface area (Å²) in [5, 5.41) is 3.14. The highest BCUT2D eigenvalue weighted by Gasteiger charge is 2.28. The number of rotatable bonds is 11. The molecule has 1 aliphatic rings. The van der Waals surface area contributed by atoms with E-state index in [9.17, 15) is 18.0 Å². The average Bonchev–Trinajstić information content (AvgIpc) is 2.85. The van der Waals surface area contributed by atoms with Crippen LogP contribution in [-0.2, 0) is 26.2 Å². The number of carbonyl (C=O) groups excluding carboxylic acids is 2. The van der Waals surface area contributed by atoms with Crippen LogP contribution < -0.4 is 9.62 Å². The molecule has 1 N–H and O–H groups in total. The van der Waals surface area contributed by atoms with Gasteiger partial charge in [-0.3, -0.25) is 13.9 Å². The van der Waals surface area contributed by atoms with Gasteiger partial charge < -0.3 is 10.2 Å². The van der Waals surface area contributed by atoms with Crippen molar-refractivity contribution in [1.29, 1.82) is 0 Å².